The van der Waals surface area contributed by atoms with Gasteiger partial charge in [-0.05, 0) is 149 Å². The molecule has 2 aliphatic carbocycles. The SMILES string of the molecule is CC1(C)c2cc(-c3ccccc3)ccc2-c2ccc(N(c3ccc(-c4ccc5c(c4)oc4ccccc45)cc3)c3ccc(-c4ccc5c6c(cccc46)-c4ccccc4-5)cc3)cc21. The Hall–Kier alpha value is -7.94. The first kappa shape index (κ1) is 35.8. The van der Waals surface area contributed by atoms with Crippen LogP contribution in [-0.2, 0) is 5.41 Å². The first-order chi connectivity index (χ1) is 31.0. The lowest BCUT2D eigenvalue weighted by Gasteiger charge is -2.28. The molecule has 0 N–H and O–H groups in total. The third kappa shape index (κ3) is 5.44. The molecule has 0 aliphatic heterocycles. The van der Waals surface area contributed by atoms with Gasteiger partial charge in [-0.2, -0.15) is 0 Å². The molecule has 0 saturated heterocycles. The second-order valence-electron chi connectivity index (χ2n) is 17.7. The number of furan rings is 1. The lowest BCUT2D eigenvalue weighted by atomic mass is 9.81. The van der Waals surface area contributed by atoms with Crippen molar-refractivity contribution in [3.05, 3.63) is 223 Å². The van der Waals surface area contributed by atoms with E-state index < -0.39 is 0 Å². The van der Waals surface area contributed by atoms with Gasteiger partial charge < -0.3 is 9.32 Å². The molecular formula is C61H41NO. The monoisotopic (exact) mass is 803 g/mol. The minimum atomic E-state index is -0.185. The average molecular weight is 804 g/mol. The van der Waals surface area contributed by atoms with Crippen molar-refractivity contribution in [3.8, 4) is 66.8 Å². The molecule has 13 rings (SSSR count). The molecule has 0 amide bonds. The number of rotatable bonds is 6. The predicted octanol–water partition coefficient (Wildman–Crippen LogP) is 17.2. The van der Waals surface area contributed by atoms with Gasteiger partial charge in [-0.1, -0.05) is 166 Å². The third-order valence-corrected chi connectivity index (χ3v) is 13.8. The lowest BCUT2D eigenvalue weighted by Crippen LogP contribution is -2.16. The lowest BCUT2D eigenvalue weighted by molar-refractivity contribution is 0.660. The quantitative estimate of drug-likeness (QED) is 0.166. The summed E-state index contributed by atoms with van der Waals surface area (Å²) in [6.07, 6.45) is 0. The Morgan fingerprint density at radius 2 is 0.825 bits per heavy atom. The van der Waals surface area contributed by atoms with Crippen molar-refractivity contribution in [1.82, 2.24) is 0 Å². The van der Waals surface area contributed by atoms with Crippen LogP contribution < -0.4 is 4.90 Å². The van der Waals surface area contributed by atoms with Crippen molar-refractivity contribution in [1.29, 1.82) is 0 Å². The second-order valence-corrected chi connectivity index (χ2v) is 17.7. The van der Waals surface area contributed by atoms with E-state index in [4.69, 9.17) is 4.42 Å². The highest BCUT2D eigenvalue weighted by atomic mass is 16.3. The Morgan fingerprint density at radius 3 is 1.60 bits per heavy atom. The smallest absolute Gasteiger partial charge is 0.136 e. The second kappa shape index (κ2) is 13.5. The fraction of sp³-hybridized carbons (Fsp3) is 0.0492. The molecule has 0 atom stereocenters. The van der Waals surface area contributed by atoms with E-state index in [0.29, 0.717) is 0 Å². The van der Waals surface area contributed by atoms with Crippen LogP contribution in [0.15, 0.2) is 217 Å². The highest BCUT2D eigenvalue weighted by molar-refractivity contribution is 6.18. The molecule has 0 fully saturated rings. The van der Waals surface area contributed by atoms with E-state index in [-0.39, 0.29) is 5.41 Å². The fourth-order valence-electron chi connectivity index (χ4n) is 10.7. The Morgan fingerprint density at radius 1 is 0.317 bits per heavy atom. The summed E-state index contributed by atoms with van der Waals surface area (Å²) >= 11 is 0. The number of fused-ring (bicyclic) bond motifs is 9. The van der Waals surface area contributed by atoms with Crippen molar-refractivity contribution < 1.29 is 4.42 Å². The summed E-state index contributed by atoms with van der Waals surface area (Å²) in [4.78, 5) is 2.41. The van der Waals surface area contributed by atoms with Crippen LogP contribution in [0.4, 0.5) is 17.1 Å². The molecule has 1 heterocycles. The fourth-order valence-corrected chi connectivity index (χ4v) is 10.7. The third-order valence-electron chi connectivity index (χ3n) is 13.8. The molecular weight excluding hydrogens is 763 g/mol. The van der Waals surface area contributed by atoms with E-state index in [1.165, 1.54) is 77.5 Å². The molecule has 296 valence electrons. The van der Waals surface area contributed by atoms with E-state index in [9.17, 15) is 0 Å². The maximum Gasteiger partial charge on any atom is 0.136 e. The topological polar surface area (TPSA) is 16.4 Å². The highest BCUT2D eigenvalue weighted by Crippen LogP contribution is 2.53. The molecule has 0 spiro atoms. The van der Waals surface area contributed by atoms with Crippen molar-refractivity contribution in [2.45, 2.75) is 19.3 Å². The Kier molecular flexibility index (Phi) is 7.68. The van der Waals surface area contributed by atoms with Crippen LogP contribution in [0.3, 0.4) is 0 Å². The van der Waals surface area contributed by atoms with Gasteiger partial charge in [0.15, 0.2) is 0 Å². The first-order valence-corrected chi connectivity index (χ1v) is 21.9. The average Bonchev–Trinajstić information content (AvgIpc) is 3.95. The van der Waals surface area contributed by atoms with E-state index >= 15 is 0 Å². The molecule has 0 unspecified atom stereocenters. The number of hydrogen-bond acceptors (Lipinski definition) is 2. The van der Waals surface area contributed by atoms with Crippen LogP contribution in [0.1, 0.15) is 25.0 Å². The molecule has 63 heavy (non-hydrogen) atoms. The van der Waals surface area contributed by atoms with Crippen molar-refractivity contribution in [2.75, 3.05) is 4.90 Å². The van der Waals surface area contributed by atoms with Crippen LogP contribution >= 0.6 is 0 Å². The Balaban J connectivity index is 0.911. The van der Waals surface area contributed by atoms with E-state index in [1.807, 2.05) is 12.1 Å². The van der Waals surface area contributed by atoms with Gasteiger partial charge in [-0.25, -0.2) is 0 Å². The number of benzene rings is 10. The zero-order chi connectivity index (χ0) is 41.8. The van der Waals surface area contributed by atoms with Crippen molar-refractivity contribution >= 4 is 49.8 Å². The largest absolute Gasteiger partial charge is 0.456 e. The zero-order valence-electron chi connectivity index (χ0n) is 35.1. The maximum absolute atomic E-state index is 6.28. The van der Waals surface area contributed by atoms with Crippen molar-refractivity contribution in [2.24, 2.45) is 0 Å². The number of para-hydroxylation sites is 1. The van der Waals surface area contributed by atoms with Crippen LogP contribution in [-0.4, -0.2) is 0 Å². The van der Waals surface area contributed by atoms with Gasteiger partial charge in [0.1, 0.15) is 11.2 Å². The molecule has 0 radical (unpaired) electrons. The van der Waals surface area contributed by atoms with Crippen molar-refractivity contribution in [3.63, 3.8) is 0 Å². The standard InChI is InChI=1S/C61H41NO/c1-61(2)56-35-41(38-11-4-3-5-12-38)23-30-49(56)50-32-29-45(37-57(50)61)62(43-25-19-39(20-26-43)42-24-31-52-51-15-8-9-18-58(51)63-59(52)36-42)44-27-21-40(22-28-44)46-33-34-55-48-14-7-6-13-47(48)54-17-10-16-53(46)60(54)55/h3-37H,1-2H3. The molecule has 0 saturated carbocycles. The molecule has 11 aromatic rings. The molecule has 2 nitrogen and oxygen atoms in total. The summed E-state index contributed by atoms with van der Waals surface area (Å²) < 4.78 is 6.28. The molecule has 0 bridgehead atoms. The minimum absolute atomic E-state index is 0.185. The first-order valence-electron chi connectivity index (χ1n) is 21.9. The molecule has 2 aliphatic rings. The Bertz CT molecular complexity index is 3600. The van der Waals surface area contributed by atoms with E-state index in [0.717, 1.165) is 50.1 Å². The van der Waals surface area contributed by atoms with Gasteiger partial charge in [0.05, 0.1) is 0 Å². The summed E-state index contributed by atoms with van der Waals surface area (Å²) in [5.41, 5.74) is 22.8. The number of anilines is 3. The van der Waals surface area contributed by atoms with Gasteiger partial charge in [-0.3, -0.25) is 0 Å². The van der Waals surface area contributed by atoms with Crippen LogP contribution in [0.5, 0.6) is 0 Å². The minimum Gasteiger partial charge on any atom is -0.456 e. The number of hydrogen-bond donors (Lipinski definition) is 0. The predicted molar refractivity (Wildman–Crippen MR) is 264 cm³/mol. The molecule has 10 aromatic carbocycles. The van der Waals surface area contributed by atoms with Gasteiger partial charge in [0.2, 0.25) is 0 Å². The summed E-state index contributed by atoms with van der Waals surface area (Å²) in [6.45, 7) is 4.75. The van der Waals surface area contributed by atoms with Crippen LogP contribution in [0.25, 0.3) is 99.5 Å². The summed E-state index contributed by atoms with van der Waals surface area (Å²) in [6, 6.07) is 77.9. The number of nitrogens with zero attached hydrogens (tertiary/aromatic N) is 1. The summed E-state index contributed by atoms with van der Waals surface area (Å²) in [7, 11) is 0. The van der Waals surface area contributed by atoms with E-state index in [1.54, 1.807) is 0 Å². The molecule has 1 aromatic heterocycles. The Labute approximate surface area is 367 Å². The van der Waals surface area contributed by atoms with Crippen LogP contribution in [0, 0.1) is 0 Å². The van der Waals surface area contributed by atoms with Crippen LogP contribution in [0.2, 0.25) is 0 Å². The zero-order valence-corrected chi connectivity index (χ0v) is 35.1. The summed E-state index contributed by atoms with van der Waals surface area (Å²) in [5.74, 6) is 0. The highest BCUT2D eigenvalue weighted by Gasteiger charge is 2.36. The summed E-state index contributed by atoms with van der Waals surface area (Å²) in [5, 5.41) is 4.92. The maximum atomic E-state index is 6.28. The van der Waals surface area contributed by atoms with E-state index in [2.05, 4.69) is 219 Å². The van der Waals surface area contributed by atoms with Gasteiger partial charge in [0.25, 0.3) is 0 Å². The molecule has 2 heteroatoms. The normalized spacial score (nSPS) is 13.0. The van der Waals surface area contributed by atoms with Gasteiger partial charge in [0, 0.05) is 33.2 Å². The van der Waals surface area contributed by atoms with Gasteiger partial charge >= 0.3 is 0 Å². The van der Waals surface area contributed by atoms with Gasteiger partial charge in [-0.15, -0.1) is 0 Å².